The summed E-state index contributed by atoms with van der Waals surface area (Å²) < 4.78 is 2.02. The van der Waals surface area contributed by atoms with E-state index in [0.717, 1.165) is 28.2 Å². The third-order valence-corrected chi connectivity index (χ3v) is 4.94. The molecular weight excluding hydrogens is 376 g/mol. The van der Waals surface area contributed by atoms with Crippen LogP contribution >= 0.6 is 0 Å². The lowest BCUT2D eigenvalue weighted by Gasteiger charge is -2.11. The third kappa shape index (κ3) is 3.88. The van der Waals surface area contributed by atoms with Crippen LogP contribution in [0, 0.1) is 13.8 Å². The van der Waals surface area contributed by atoms with Gasteiger partial charge < -0.3 is 16.4 Å². The van der Waals surface area contributed by atoms with Gasteiger partial charge in [-0.2, -0.15) is 0 Å². The van der Waals surface area contributed by atoms with E-state index < -0.39 is 0 Å². The molecule has 0 saturated heterocycles. The van der Waals surface area contributed by atoms with Crippen molar-refractivity contribution in [1.29, 1.82) is 0 Å². The largest absolute Gasteiger partial charge is 0.351 e. The Balaban J connectivity index is 1.62. The number of nitrogens with one attached hydrogen (secondary N) is 2. The second-order valence-electron chi connectivity index (χ2n) is 7.18. The molecule has 0 aliphatic heterocycles. The highest BCUT2D eigenvalue weighted by Crippen LogP contribution is 2.26. The van der Waals surface area contributed by atoms with Gasteiger partial charge in [-0.3, -0.25) is 9.20 Å². The summed E-state index contributed by atoms with van der Waals surface area (Å²) in [6.07, 6.45) is 5.50. The van der Waals surface area contributed by atoms with Gasteiger partial charge in [0.05, 0.1) is 11.9 Å². The highest BCUT2D eigenvalue weighted by molar-refractivity contribution is 5.96. The molecule has 2 heterocycles. The van der Waals surface area contributed by atoms with Gasteiger partial charge >= 0.3 is 0 Å². The van der Waals surface area contributed by atoms with Gasteiger partial charge in [0.25, 0.3) is 5.91 Å². The number of imidazole rings is 1. The van der Waals surface area contributed by atoms with Gasteiger partial charge in [0.1, 0.15) is 0 Å². The molecule has 2 aromatic heterocycles. The molecule has 152 valence electrons. The fourth-order valence-electron chi connectivity index (χ4n) is 3.36. The van der Waals surface area contributed by atoms with Crippen LogP contribution in [-0.4, -0.2) is 33.4 Å². The molecule has 1 amide bonds. The van der Waals surface area contributed by atoms with Crippen LogP contribution in [0.25, 0.3) is 16.9 Å². The second kappa shape index (κ2) is 8.34. The van der Waals surface area contributed by atoms with Crippen molar-refractivity contribution < 1.29 is 4.79 Å². The molecule has 4 N–H and O–H groups in total. The number of carbonyl (C=O) groups excluding carboxylic acids is 1. The molecule has 0 spiro atoms. The Morgan fingerprint density at radius 3 is 2.63 bits per heavy atom. The number of carbonyl (C=O) groups is 1. The molecule has 0 aliphatic carbocycles. The van der Waals surface area contributed by atoms with E-state index in [-0.39, 0.29) is 5.91 Å². The SMILES string of the molecule is Cc1ccc(-c2cnc3c(Nc4ccc(C(=O)NCCN)c(C)c4)nccn23)cc1. The van der Waals surface area contributed by atoms with E-state index in [0.29, 0.717) is 24.5 Å². The van der Waals surface area contributed by atoms with Gasteiger partial charge in [-0.15, -0.1) is 0 Å². The van der Waals surface area contributed by atoms with E-state index in [2.05, 4.69) is 51.8 Å². The lowest BCUT2D eigenvalue weighted by atomic mass is 10.1. The topological polar surface area (TPSA) is 97.3 Å². The zero-order valence-electron chi connectivity index (χ0n) is 17.0. The fraction of sp³-hybridized carbons (Fsp3) is 0.174. The summed E-state index contributed by atoms with van der Waals surface area (Å²) in [5.74, 6) is 0.524. The summed E-state index contributed by atoms with van der Waals surface area (Å²) in [4.78, 5) is 21.3. The minimum atomic E-state index is -0.124. The summed E-state index contributed by atoms with van der Waals surface area (Å²) >= 11 is 0. The molecule has 0 fully saturated rings. The number of nitrogens with zero attached hydrogens (tertiary/aromatic N) is 3. The molecule has 0 aliphatic rings. The Labute approximate surface area is 175 Å². The van der Waals surface area contributed by atoms with Crippen LogP contribution in [0.3, 0.4) is 0 Å². The van der Waals surface area contributed by atoms with Gasteiger partial charge in [-0.1, -0.05) is 29.8 Å². The molecule has 4 rings (SSSR count). The molecule has 0 bridgehead atoms. The molecule has 0 saturated carbocycles. The highest BCUT2D eigenvalue weighted by atomic mass is 16.1. The Morgan fingerprint density at radius 1 is 1.10 bits per heavy atom. The molecule has 4 aromatic rings. The minimum Gasteiger partial charge on any atom is -0.351 e. The molecule has 7 nitrogen and oxygen atoms in total. The van der Waals surface area contributed by atoms with Crippen LogP contribution in [0.1, 0.15) is 21.5 Å². The molecule has 7 heteroatoms. The minimum absolute atomic E-state index is 0.124. The monoisotopic (exact) mass is 400 g/mol. The first-order valence-electron chi connectivity index (χ1n) is 9.82. The highest BCUT2D eigenvalue weighted by Gasteiger charge is 2.12. The Morgan fingerprint density at radius 2 is 1.90 bits per heavy atom. The standard InChI is InChI=1S/C23H24N6O/c1-15-3-5-17(6-4-15)20-14-27-22-21(25-11-12-29(20)22)28-18-7-8-19(16(2)13-18)23(30)26-10-9-24/h3-8,11-14H,9-10,24H2,1-2H3,(H,25,28)(H,26,30). The van der Waals surface area contributed by atoms with E-state index in [1.807, 2.05) is 35.9 Å². The molecule has 0 unspecified atom stereocenters. The molecule has 0 atom stereocenters. The number of hydrogen-bond acceptors (Lipinski definition) is 5. The number of nitrogens with two attached hydrogens (primary N) is 1. The van der Waals surface area contributed by atoms with Crippen molar-refractivity contribution in [2.24, 2.45) is 5.73 Å². The average molecular weight is 400 g/mol. The first kappa shape index (κ1) is 19.6. The molecule has 2 aromatic carbocycles. The van der Waals surface area contributed by atoms with E-state index in [9.17, 15) is 4.79 Å². The number of benzene rings is 2. The van der Waals surface area contributed by atoms with E-state index >= 15 is 0 Å². The van der Waals surface area contributed by atoms with Crippen molar-refractivity contribution in [3.05, 3.63) is 77.7 Å². The lowest BCUT2D eigenvalue weighted by Crippen LogP contribution is -2.29. The van der Waals surface area contributed by atoms with Gasteiger partial charge in [0.2, 0.25) is 0 Å². The number of anilines is 2. The van der Waals surface area contributed by atoms with Crippen LogP contribution in [0.5, 0.6) is 0 Å². The number of amides is 1. The van der Waals surface area contributed by atoms with Crippen molar-refractivity contribution in [3.63, 3.8) is 0 Å². The van der Waals surface area contributed by atoms with Crippen LogP contribution in [0.15, 0.2) is 61.1 Å². The summed E-state index contributed by atoms with van der Waals surface area (Å²) in [7, 11) is 0. The predicted octanol–water partition coefficient (Wildman–Crippen LogP) is 3.45. The number of aromatic nitrogens is 3. The van der Waals surface area contributed by atoms with Crippen LogP contribution in [0.4, 0.5) is 11.5 Å². The van der Waals surface area contributed by atoms with E-state index in [4.69, 9.17) is 5.73 Å². The zero-order chi connectivity index (χ0) is 21.1. The van der Waals surface area contributed by atoms with Crippen LogP contribution < -0.4 is 16.4 Å². The maximum atomic E-state index is 12.2. The predicted molar refractivity (Wildman–Crippen MR) is 119 cm³/mol. The van der Waals surface area contributed by atoms with E-state index in [1.165, 1.54) is 5.56 Å². The summed E-state index contributed by atoms with van der Waals surface area (Å²) in [6, 6.07) is 13.9. The number of hydrogen-bond donors (Lipinski definition) is 3. The van der Waals surface area contributed by atoms with Crippen molar-refractivity contribution in [2.75, 3.05) is 18.4 Å². The van der Waals surface area contributed by atoms with Crippen molar-refractivity contribution in [2.45, 2.75) is 13.8 Å². The Kier molecular flexibility index (Phi) is 5.45. The number of fused-ring (bicyclic) bond motifs is 1. The van der Waals surface area contributed by atoms with Gasteiger partial charge in [-0.25, -0.2) is 9.97 Å². The summed E-state index contributed by atoms with van der Waals surface area (Å²) in [5.41, 5.74) is 11.8. The number of rotatable bonds is 6. The van der Waals surface area contributed by atoms with Crippen molar-refractivity contribution in [3.8, 4) is 11.3 Å². The second-order valence-corrected chi connectivity index (χ2v) is 7.18. The lowest BCUT2D eigenvalue weighted by molar-refractivity contribution is 0.0954. The van der Waals surface area contributed by atoms with Gasteiger partial charge in [0, 0.05) is 42.3 Å². The summed E-state index contributed by atoms with van der Waals surface area (Å²) in [6.45, 7) is 4.84. The van der Waals surface area contributed by atoms with E-state index in [1.54, 1.807) is 12.3 Å². The van der Waals surface area contributed by atoms with Crippen LogP contribution in [-0.2, 0) is 0 Å². The third-order valence-electron chi connectivity index (χ3n) is 4.94. The average Bonchev–Trinajstić information content (AvgIpc) is 3.18. The Bertz CT molecular complexity index is 1200. The Hall–Kier alpha value is -3.71. The molecule has 30 heavy (non-hydrogen) atoms. The summed E-state index contributed by atoms with van der Waals surface area (Å²) in [5, 5.41) is 6.12. The van der Waals surface area contributed by atoms with Crippen molar-refractivity contribution >= 4 is 23.1 Å². The smallest absolute Gasteiger partial charge is 0.251 e. The molecular formula is C23H24N6O. The maximum Gasteiger partial charge on any atom is 0.251 e. The first-order valence-corrected chi connectivity index (χ1v) is 9.82. The fourth-order valence-corrected chi connectivity index (χ4v) is 3.36. The van der Waals surface area contributed by atoms with Crippen molar-refractivity contribution in [1.82, 2.24) is 19.7 Å². The van der Waals surface area contributed by atoms with Crippen LogP contribution in [0.2, 0.25) is 0 Å². The van der Waals surface area contributed by atoms with Gasteiger partial charge in [0.15, 0.2) is 11.5 Å². The normalized spacial score (nSPS) is 10.9. The zero-order valence-corrected chi connectivity index (χ0v) is 17.0. The molecule has 0 radical (unpaired) electrons. The number of aryl methyl sites for hydroxylation is 2. The first-order chi connectivity index (χ1) is 14.6. The van der Waals surface area contributed by atoms with Gasteiger partial charge in [-0.05, 0) is 37.6 Å². The maximum absolute atomic E-state index is 12.2. The quantitative estimate of drug-likeness (QED) is 0.461.